The Kier molecular flexibility index (Phi) is 3.30. The molecule has 1 aliphatic heterocycles. The van der Waals surface area contributed by atoms with Gasteiger partial charge >= 0.3 is 5.97 Å². The van der Waals surface area contributed by atoms with Gasteiger partial charge in [-0.2, -0.15) is 0 Å². The molecule has 3 aliphatic rings. The monoisotopic (exact) mass is 334 g/mol. The number of benzene rings is 1. The van der Waals surface area contributed by atoms with Gasteiger partial charge in [-0.05, 0) is 43.0 Å². The summed E-state index contributed by atoms with van der Waals surface area (Å²) >= 11 is 5.77. The van der Waals surface area contributed by atoms with Crippen LogP contribution in [0.25, 0.3) is 0 Å². The van der Waals surface area contributed by atoms with Gasteiger partial charge in [-0.15, -0.1) is 0 Å². The maximum atomic E-state index is 12.4. The van der Waals surface area contributed by atoms with E-state index in [9.17, 15) is 14.4 Å². The topological polar surface area (TPSA) is 84.5 Å². The summed E-state index contributed by atoms with van der Waals surface area (Å²) in [6.07, 6.45) is 1.59. The Balaban J connectivity index is 1.40. The lowest BCUT2D eigenvalue weighted by Crippen LogP contribution is -2.48. The first-order valence-corrected chi connectivity index (χ1v) is 7.98. The van der Waals surface area contributed by atoms with Gasteiger partial charge in [-0.1, -0.05) is 11.6 Å². The molecule has 2 N–H and O–H groups in total. The van der Waals surface area contributed by atoms with Gasteiger partial charge in [0.2, 0.25) is 5.91 Å². The molecule has 2 saturated carbocycles. The molecular weight excluding hydrogens is 320 g/mol. The lowest BCUT2D eigenvalue weighted by molar-refractivity contribution is -0.146. The minimum absolute atomic E-state index is 0.00907. The molecule has 2 aliphatic carbocycles. The Morgan fingerprint density at radius 2 is 1.87 bits per heavy atom. The van der Waals surface area contributed by atoms with E-state index < -0.39 is 11.8 Å². The van der Waals surface area contributed by atoms with Crippen LogP contribution in [0, 0.1) is 23.7 Å². The SMILES string of the molecule is O=C(NNC(=O)[C@@H]1[C@@H]2C[C@@H]3[C@H]1C(=O)O[C@@H]3C2)c1ccc(Cl)cc1. The Morgan fingerprint density at radius 3 is 2.61 bits per heavy atom. The molecule has 6 nitrogen and oxygen atoms in total. The molecule has 3 fully saturated rings. The number of ether oxygens (including phenoxy) is 1. The van der Waals surface area contributed by atoms with E-state index >= 15 is 0 Å². The quantitative estimate of drug-likeness (QED) is 0.630. The predicted octanol–water partition coefficient (Wildman–Crippen LogP) is 1.30. The molecule has 1 aromatic rings. The number of nitrogens with one attached hydrogen (secondary N) is 2. The van der Waals surface area contributed by atoms with E-state index in [1.807, 2.05) is 0 Å². The van der Waals surface area contributed by atoms with Crippen molar-refractivity contribution in [3.8, 4) is 0 Å². The molecule has 23 heavy (non-hydrogen) atoms. The van der Waals surface area contributed by atoms with E-state index in [0.29, 0.717) is 10.6 Å². The predicted molar refractivity (Wildman–Crippen MR) is 80.1 cm³/mol. The van der Waals surface area contributed by atoms with Crippen molar-refractivity contribution in [2.75, 3.05) is 0 Å². The molecule has 2 bridgehead atoms. The van der Waals surface area contributed by atoms with Crippen LogP contribution >= 0.6 is 11.6 Å². The van der Waals surface area contributed by atoms with Crippen molar-refractivity contribution >= 4 is 29.4 Å². The second-order valence-electron chi connectivity index (χ2n) is 6.37. The van der Waals surface area contributed by atoms with Crippen LogP contribution in [0.1, 0.15) is 23.2 Å². The molecule has 0 radical (unpaired) electrons. The van der Waals surface area contributed by atoms with E-state index in [1.165, 1.54) is 0 Å². The van der Waals surface area contributed by atoms with Gasteiger partial charge in [0.05, 0.1) is 11.8 Å². The van der Waals surface area contributed by atoms with Crippen LogP contribution in [0.3, 0.4) is 0 Å². The Bertz CT molecular complexity index is 688. The van der Waals surface area contributed by atoms with Crippen LogP contribution in [-0.4, -0.2) is 23.9 Å². The second-order valence-corrected chi connectivity index (χ2v) is 6.81. The first-order chi connectivity index (χ1) is 11.0. The third-order valence-electron chi connectivity index (χ3n) is 5.19. The number of hydrogen-bond donors (Lipinski definition) is 2. The van der Waals surface area contributed by atoms with Crippen LogP contribution in [0.2, 0.25) is 5.02 Å². The second kappa shape index (κ2) is 5.23. The van der Waals surface area contributed by atoms with Crippen molar-refractivity contribution in [1.29, 1.82) is 0 Å². The molecule has 2 amide bonds. The van der Waals surface area contributed by atoms with E-state index in [1.54, 1.807) is 24.3 Å². The highest BCUT2D eigenvalue weighted by Gasteiger charge is 2.63. The number of fused-ring (bicyclic) bond motifs is 1. The van der Waals surface area contributed by atoms with Gasteiger partial charge in [0, 0.05) is 16.5 Å². The molecule has 1 aromatic carbocycles. The van der Waals surface area contributed by atoms with Crippen LogP contribution in [0.4, 0.5) is 0 Å². The van der Waals surface area contributed by atoms with Gasteiger partial charge in [-0.25, -0.2) is 0 Å². The summed E-state index contributed by atoms with van der Waals surface area (Å²) in [4.78, 5) is 36.3. The number of carbonyl (C=O) groups is 3. The van der Waals surface area contributed by atoms with Crippen LogP contribution in [0.5, 0.6) is 0 Å². The fourth-order valence-corrected chi connectivity index (χ4v) is 4.36. The number of rotatable bonds is 2. The van der Waals surface area contributed by atoms with Gasteiger partial charge in [0.1, 0.15) is 6.10 Å². The number of hydrogen-bond acceptors (Lipinski definition) is 4. The van der Waals surface area contributed by atoms with Crippen molar-refractivity contribution in [3.63, 3.8) is 0 Å². The fraction of sp³-hybridized carbons (Fsp3) is 0.438. The van der Waals surface area contributed by atoms with E-state index in [4.69, 9.17) is 16.3 Å². The molecular formula is C16H15ClN2O4. The van der Waals surface area contributed by atoms with Crippen LogP contribution < -0.4 is 10.9 Å². The van der Waals surface area contributed by atoms with Crippen molar-refractivity contribution in [2.45, 2.75) is 18.9 Å². The third kappa shape index (κ3) is 2.28. The zero-order chi connectivity index (χ0) is 16.1. The van der Waals surface area contributed by atoms with Crippen molar-refractivity contribution < 1.29 is 19.1 Å². The third-order valence-corrected chi connectivity index (χ3v) is 5.44. The Hall–Kier alpha value is -2.08. The smallest absolute Gasteiger partial charge is 0.310 e. The van der Waals surface area contributed by atoms with Crippen molar-refractivity contribution in [2.24, 2.45) is 23.7 Å². The maximum absolute atomic E-state index is 12.4. The minimum Gasteiger partial charge on any atom is -0.462 e. The molecule has 1 heterocycles. The van der Waals surface area contributed by atoms with Gasteiger partial charge in [0.25, 0.3) is 5.91 Å². The Morgan fingerprint density at radius 1 is 1.13 bits per heavy atom. The van der Waals surface area contributed by atoms with Crippen molar-refractivity contribution in [1.82, 2.24) is 10.9 Å². The van der Waals surface area contributed by atoms with Crippen molar-refractivity contribution in [3.05, 3.63) is 34.9 Å². The molecule has 0 aromatic heterocycles. The number of carbonyl (C=O) groups excluding carboxylic acids is 3. The van der Waals surface area contributed by atoms with Gasteiger partial charge in [-0.3, -0.25) is 25.2 Å². The summed E-state index contributed by atoms with van der Waals surface area (Å²) in [6, 6.07) is 6.34. The van der Waals surface area contributed by atoms with Gasteiger partial charge in [0.15, 0.2) is 0 Å². The zero-order valence-corrected chi connectivity index (χ0v) is 12.9. The van der Waals surface area contributed by atoms with Crippen LogP contribution in [-0.2, 0) is 14.3 Å². The molecule has 4 rings (SSSR count). The number of halogens is 1. The Labute approximate surface area is 137 Å². The highest BCUT2D eigenvalue weighted by Crippen LogP contribution is 2.57. The van der Waals surface area contributed by atoms with E-state index in [0.717, 1.165) is 12.8 Å². The summed E-state index contributed by atoms with van der Waals surface area (Å²) < 4.78 is 5.31. The summed E-state index contributed by atoms with van der Waals surface area (Å²) in [6.45, 7) is 0. The van der Waals surface area contributed by atoms with Crippen LogP contribution in [0.15, 0.2) is 24.3 Å². The van der Waals surface area contributed by atoms with Gasteiger partial charge < -0.3 is 4.74 Å². The largest absolute Gasteiger partial charge is 0.462 e. The zero-order valence-electron chi connectivity index (χ0n) is 12.1. The first kappa shape index (κ1) is 14.5. The number of amides is 2. The minimum atomic E-state index is -0.426. The lowest BCUT2D eigenvalue weighted by atomic mass is 9.79. The maximum Gasteiger partial charge on any atom is 0.310 e. The number of esters is 1. The standard InChI is InChI=1S/C16H15ClN2O4/c17-9-3-1-7(2-4-9)14(20)18-19-15(21)12-8-5-10-11(6-8)23-16(22)13(10)12/h1-4,8,10-13H,5-6H2,(H,18,20)(H,19,21)/t8-,10+,11-,12-,13-/m1/s1. The normalized spacial score (nSPS) is 33.4. The molecule has 0 spiro atoms. The highest BCUT2D eigenvalue weighted by molar-refractivity contribution is 6.30. The molecule has 7 heteroatoms. The molecule has 1 saturated heterocycles. The molecule has 0 unspecified atom stereocenters. The molecule has 120 valence electrons. The summed E-state index contributed by atoms with van der Waals surface area (Å²) in [5, 5.41) is 0.530. The summed E-state index contributed by atoms with van der Waals surface area (Å²) in [5.74, 6) is -1.46. The summed E-state index contributed by atoms with van der Waals surface area (Å²) in [7, 11) is 0. The van der Waals surface area contributed by atoms with E-state index in [2.05, 4.69) is 10.9 Å². The average molecular weight is 335 g/mol. The van der Waals surface area contributed by atoms with E-state index in [-0.39, 0.29) is 35.7 Å². The summed E-state index contributed by atoms with van der Waals surface area (Å²) in [5.41, 5.74) is 5.23. The number of hydrazine groups is 1. The highest BCUT2D eigenvalue weighted by atomic mass is 35.5. The lowest BCUT2D eigenvalue weighted by Gasteiger charge is -2.23. The average Bonchev–Trinajstić information content (AvgIpc) is 3.14. The first-order valence-electron chi connectivity index (χ1n) is 7.61. The fourth-order valence-electron chi connectivity index (χ4n) is 4.24. The molecule has 5 atom stereocenters.